The minimum absolute atomic E-state index is 0.0223. The van der Waals surface area contributed by atoms with Crippen molar-refractivity contribution >= 4 is 33.5 Å². The lowest BCUT2D eigenvalue weighted by Gasteiger charge is -2.29. The molecule has 1 unspecified atom stereocenters. The Kier molecular flexibility index (Phi) is 7.65. The van der Waals surface area contributed by atoms with Gasteiger partial charge in [0.25, 0.3) is 5.91 Å². The lowest BCUT2D eigenvalue weighted by Crippen LogP contribution is -2.31. The molecular formula is C29H27BrFN5O3. The van der Waals surface area contributed by atoms with Crippen LogP contribution in [0.1, 0.15) is 36.6 Å². The molecule has 0 bridgehead atoms. The van der Waals surface area contributed by atoms with Crippen molar-refractivity contribution in [1.29, 1.82) is 0 Å². The van der Waals surface area contributed by atoms with Crippen LogP contribution in [0.2, 0.25) is 0 Å². The van der Waals surface area contributed by atoms with Crippen molar-refractivity contribution in [2.45, 2.75) is 33.4 Å². The van der Waals surface area contributed by atoms with E-state index in [1.54, 1.807) is 22.9 Å². The maximum Gasteiger partial charge on any atom is 0.255 e. The molecule has 1 aliphatic heterocycles. The maximum absolute atomic E-state index is 14.2. The maximum atomic E-state index is 14.2. The zero-order valence-corrected chi connectivity index (χ0v) is 23.3. The highest BCUT2D eigenvalue weighted by Crippen LogP contribution is 2.43. The van der Waals surface area contributed by atoms with E-state index in [1.807, 2.05) is 57.2 Å². The molecule has 2 N–H and O–H groups in total. The minimum Gasteiger partial charge on any atom is -0.490 e. The van der Waals surface area contributed by atoms with E-state index in [1.165, 1.54) is 12.4 Å². The number of amides is 1. The van der Waals surface area contributed by atoms with E-state index in [9.17, 15) is 9.18 Å². The highest BCUT2D eigenvalue weighted by Gasteiger charge is 2.34. The van der Waals surface area contributed by atoms with Gasteiger partial charge in [-0.05, 0) is 72.6 Å². The summed E-state index contributed by atoms with van der Waals surface area (Å²) < 4.78 is 28.4. The molecule has 3 aromatic carbocycles. The second-order valence-corrected chi connectivity index (χ2v) is 9.91. The highest BCUT2D eigenvalue weighted by atomic mass is 79.9. The topological polar surface area (TPSA) is 90.3 Å². The Morgan fingerprint density at radius 1 is 1.13 bits per heavy atom. The number of rotatable bonds is 8. The number of aryl methyl sites for hydroxylation is 1. The van der Waals surface area contributed by atoms with Crippen LogP contribution < -0.4 is 20.1 Å². The molecule has 200 valence electrons. The van der Waals surface area contributed by atoms with Crippen LogP contribution in [-0.2, 0) is 11.4 Å². The second kappa shape index (κ2) is 11.3. The summed E-state index contributed by atoms with van der Waals surface area (Å²) in [5.41, 5.74) is 4.06. The zero-order valence-electron chi connectivity index (χ0n) is 21.7. The normalized spacial score (nSPS) is 14.4. The summed E-state index contributed by atoms with van der Waals surface area (Å²) in [7, 11) is 0. The molecule has 1 atom stereocenters. The Balaban J connectivity index is 1.53. The first-order chi connectivity index (χ1) is 18.9. The van der Waals surface area contributed by atoms with E-state index in [4.69, 9.17) is 9.47 Å². The fraction of sp³-hybridized carbons (Fsp3) is 0.207. The SMILES string of the molecule is CCOc1cc(C2C(C(=O)Nc3ccc(C)cc3)=C(C)Nc3ncnn32)cc(Br)c1OCc1ccccc1F. The highest BCUT2D eigenvalue weighted by molar-refractivity contribution is 9.10. The minimum atomic E-state index is -0.606. The summed E-state index contributed by atoms with van der Waals surface area (Å²) in [5.74, 6) is 0.779. The van der Waals surface area contributed by atoms with Gasteiger partial charge in [0.15, 0.2) is 11.5 Å². The molecule has 0 saturated heterocycles. The van der Waals surface area contributed by atoms with Crippen LogP contribution in [0.4, 0.5) is 16.0 Å². The summed E-state index contributed by atoms with van der Waals surface area (Å²) in [5, 5.41) is 10.6. The Morgan fingerprint density at radius 3 is 2.64 bits per heavy atom. The van der Waals surface area contributed by atoms with Crippen molar-refractivity contribution in [2.24, 2.45) is 0 Å². The van der Waals surface area contributed by atoms with Gasteiger partial charge in [-0.25, -0.2) is 9.07 Å². The number of carbonyl (C=O) groups excluding carboxylic acids is 1. The molecule has 4 aromatic rings. The third-order valence-electron chi connectivity index (χ3n) is 6.33. The van der Waals surface area contributed by atoms with Gasteiger partial charge in [-0.3, -0.25) is 4.79 Å². The molecule has 0 spiro atoms. The van der Waals surface area contributed by atoms with E-state index in [0.717, 1.165) is 11.1 Å². The number of ether oxygens (including phenoxy) is 2. The Bertz CT molecular complexity index is 1550. The molecule has 0 aliphatic carbocycles. The molecule has 1 amide bonds. The number of hydrogen-bond acceptors (Lipinski definition) is 6. The quantitative estimate of drug-likeness (QED) is 0.246. The number of nitrogens with zero attached hydrogens (tertiary/aromatic N) is 3. The molecule has 1 aromatic heterocycles. The van der Waals surface area contributed by atoms with Crippen molar-refractivity contribution in [1.82, 2.24) is 14.8 Å². The predicted molar refractivity (Wildman–Crippen MR) is 150 cm³/mol. The molecule has 0 fully saturated rings. The van der Waals surface area contributed by atoms with Gasteiger partial charge >= 0.3 is 0 Å². The van der Waals surface area contributed by atoms with Crippen molar-refractivity contribution < 1.29 is 18.7 Å². The monoisotopic (exact) mass is 591 g/mol. The number of fused-ring (bicyclic) bond motifs is 1. The Morgan fingerprint density at radius 2 is 1.90 bits per heavy atom. The van der Waals surface area contributed by atoms with Gasteiger partial charge in [-0.2, -0.15) is 10.1 Å². The molecule has 1 aliphatic rings. The number of allylic oxidation sites excluding steroid dienone is 1. The fourth-order valence-electron chi connectivity index (χ4n) is 4.44. The summed E-state index contributed by atoms with van der Waals surface area (Å²) in [6.45, 7) is 6.09. The van der Waals surface area contributed by atoms with Gasteiger partial charge in [0.1, 0.15) is 24.8 Å². The smallest absolute Gasteiger partial charge is 0.255 e. The van der Waals surface area contributed by atoms with Gasteiger partial charge < -0.3 is 20.1 Å². The zero-order chi connectivity index (χ0) is 27.5. The van der Waals surface area contributed by atoms with Crippen LogP contribution in [0.3, 0.4) is 0 Å². The first-order valence-electron chi connectivity index (χ1n) is 12.4. The number of nitrogens with one attached hydrogen (secondary N) is 2. The van der Waals surface area contributed by atoms with Crippen LogP contribution in [0.15, 0.2) is 82.7 Å². The summed E-state index contributed by atoms with van der Waals surface area (Å²) >= 11 is 3.61. The number of anilines is 2. The summed E-state index contributed by atoms with van der Waals surface area (Å²) in [6.07, 6.45) is 1.44. The lowest BCUT2D eigenvalue weighted by molar-refractivity contribution is -0.113. The largest absolute Gasteiger partial charge is 0.490 e. The van der Waals surface area contributed by atoms with Gasteiger partial charge in [0.05, 0.1) is 16.7 Å². The van der Waals surface area contributed by atoms with Crippen LogP contribution >= 0.6 is 15.9 Å². The molecule has 8 nitrogen and oxygen atoms in total. The van der Waals surface area contributed by atoms with E-state index in [2.05, 4.69) is 36.6 Å². The third kappa shape index (κ3) is 5.51. The predicted octanol–water partition coefficient (Wildman–Crippen LogP) is 6.39. The summed E-state index contributed by atoms with van der Waals surface area (Å²) in [4.78, 5) is 18.0. The second-order valence-electron chi connectivity index (χ2n) is 9.06. The molecular weight excluding hydrogens is 565 g/mol. The number of aromatic nitrogens is 3. The van der Waals surface area contributed by atoms with Crippen LogP contribution in [0.5, 0.6) is 11.5 Å². The van der Waals surface area contributed by atoms with E-state index in [0.29, 0.717) is 51.0 Å². The first-order valence-corrected chi connectivity index (χ1v) is 13.2. The van der Waals surface area contributed by atoms with Crippen molar-refractivity contribution in [3.05, 3.63) is 105 Å². The van der Waals surface area contributed by atoms with Crippen molar-refractivity contribution in [3.63, 3.8) is 0 Å². The van der Waals surface area contributed by atoms with Crippen LogP contribution in [0, 0.1) is 12.7 Å². The van der Waals surface area contributed by atoms with E-state index < -0.39 is 6.04 Å². The van der Waals surface area contributed by atoms with Crippen LogP contribution in [0.25, 0.3) is 0 Å². The van der Waals surface area contributed by atoms with Crippen molar-refractivity contribution in [2.75, 3.05) is 17.2 Å². The number of halogens is 2. The first kappa shape index (κ1) is 26.4. The number of benzene rings is 3. The number of carbonyl (C=O) groups is 1. The summed E-state index contributed by atoms with van der Waals surface area (Å²) in [6, 6.07) is 17.1. The van der Waals surface area contributed by atoms with E-state index >= 15 is 0 Å². The molecule has 10 heteroatoms. The average molecular weight is 592 g/mol. The van der Waals surface area contributed by atoms with E-state index in [-0.39, 0.29) is 18.3 Å². The average Bonchev–Trinajstić information content (AvgIpc) is 3.37. The standard InChI is InChI=1S/C29H27BrFN5O3/c1-4-38-24-14-20(13-22(30)27(24)39-15-19-7-5-6-8-23(19)31)26-25(18(3)34-29-32-16-33-36(26)29)28(37)35-21-11-9-17(2)10-12-21/h5-14,16,26H,4,15H2,1-3H3,(H,35,37)(H,32,33,34). The Hall–Kier alpha value is -4.18. The third-order valence-corrected chi connectivity index (χ3v) is 6.91. The molecule has 0 radical (unpaired) electrons. The van der Waals surface area contributed by atoms with Crippen molar-refractivity contribution in [3.8, 4) is 11.5 Å². The number of hydrogen-bond donors (Lipinski definition) is 2. The van der Waals surface area contributed by atoms with Gasteiger partial charge in [0.2, 0.25) is 5.95 Å². The molecule has 39 heavy (non-hydrogen) atoms. The molecule has 5 rings (SSSR count). The molecule has 2 heterocycles. The van der Waals surface area contributed by atoms with Gasteiger partial charge in [-0.15, -0.1) is 0 Å². The fourth-order valence-corrected chi connectivity index (χ4v) is 5.02. The van der Waals surface area contributed by atoms with Gasteiger partial charge in [-0.1, -0.05) is 35.9 Å². The van der Waals surface area contributed by atoms with Crippen LogP contribution in [-0.4, -0.2) is 27.3 Å². The lowest BCUT2D eigenvalue weighted by atomic mass is 9.94. The Labute approximate surface area is 234 Å². The van der Waals surface area contributed by atoms with Gasteiger partial charge in [0, 0.05) is 16.9 Å². The molecule has 0 saturated carbocycles.